The van der Waals surface area contributed by atoms with E-state index in [1.807, 2.05) is 36.4 Å². The second-order valence-electron chi connectivity index (χ2n) is 9.22. The van der Waals surface area contributed by atoms with Crippen LogP contribution in [0.25, 0.3) is 22.2 Å². The summed E-state index contributed by atoms with van der Waals surface area (Å²) in [7, 11) is -3.02. The van der Waals surface area contributed by atoms with Gasteiger partial charge in [0, 0.05) is 29.4 Å². The molecule has 222 valence electrons. The van der Waals surface area contributed by atoms with Crippen molar-refractivity contribution in [3.63, 3.8) is 0 Å². The normalized spacial score (nSPS) is 11.0. The molecule has 0 saturated heterocycles. The minimum atomic E-state index is -3.02. The number of aromatic nitrogens is 2. The molecule has 0 unspecified atom stereocenters. The molecule has 13 heteroatoms. The van der Waals surface area contributed by atoms with E-state index in [9.17, 15) is 12.8 Å². The maximum Gasteiger partial charge on any atom is 0.148 e. The van der Waals surface area contributed by atoms with Crippen LogP contribution in [0.2, 0.25) is 5.02 Å². The minimum absolute atomic E-state index is 0. The Hall–Kier alpha value is -3.41. The van der Waals surface area contributed by atoms with Crippen LogP contribution in [0, 0.1) is 5.82 Å². The molecule has 5 rings (SSSR count). The Bertz CT molecular complexity index is 1770. The maximum atomic E-state index is 13.4. The Morgan fingerprint density at radius 1 is 1.00 bits per heavy atom. The van der Waals surface area contributed by atoms with Gasteiger partial charge in [0.2, 0.25) is 0 Å². The van der Waals surface area contributed by atoms with Crippen molar-refractivity contribution in [2.24, 2.45) is 0 Å². The van der Waals surface area contributed by atoms with Crippen LogP contribution in [0.5, 0.6) is 5.75 Å². The summed E-state index contributed by atoms with van der Waals surface area (Å²) in [5, 5.41) is 7.56. The van der Waals surface area contributed by atoms with E-state index in [2.05, 4.69) is 20.6 Å². The van der Waals surface area contributed by atoms with Crippen LogP contribution in [0.15, 0.2) is 83.5 Å². The summed E-state index contributed by atoms with van der Waals surface area (Å²) in [5.41, 5.74) is 2.99. The summed E-state index contributed by atoms with van der Waals surface area (Å²) in [4.78, 5) is 8.80. The van der Waals surface area contributed by atoms with Crippen LogP contribution in [0.3, 0.4) is 0 Å². The van der Waals surface area contributed by atoms with E-state index in [1.54, 1.807) is 24.3 Å². The zero-order valence-electron chi connectivity index (χ0n) is 22.3. The van der Waals surface area contributed by atoms with E-state index < -0.39 is 9.84 Å². The lowest BCUT2D eigenvalue weighted by Gasteiger charge is -2.12. The third kappa shape index (κ3) is 8.80. The largest absolute Gasteiger partial charge is 0.487 e. The van der Waals surface area contributed by atoms with Gasteiger partial charge in [-0.15, -0.1) is 24.8 Å². The fourth-order valence-electron chi connectivity index (χ4n) is 4.03. The van der Waals surface area contributed by atoms with E-state index in [4.69, 9.17) is 20.8 Å². The summed E-state index contributed by atoms with van der Waals surface area (Å²) in [5.74, 6) is 2.17. The van der Waals surface area contributed by atoms with Crippen molar-refractivity contribution in [3.05, 3.63) is 101 Å². The van der Waals surface area contributed by atoms with Gasteiger partial charge in [-0.2, -0.15) is 0 Å². The van der Waals surface area contributed by atoms with Crippen LogP contribution in [0.4, 0.5) is 15.9 Å². The molecule has 8 nitrogen and oxygen atoms in total. The van der Waals surface area contributed by atoms with Crippen molar-refractivity contribution in [2.45, 2.75) is 13.2 Å². The third-order valence-corrected chi connectivity index (χ3v) is 7.25. The molecule has 2 N–H and O–H groups in total. The highest BCUT2D eigenvalue weighted by Gasteiger charge is 2.11. The fraction of sp³-hybridized carbons (Fsp3) is 0.172. The lowest BCUT2D eigenvalue weighted by atomic mass is 10.1. The molecule has 0 radical (unpaired) electrons. The number of sulfone groups is 1. The standard InChI is InChI=1S/C29H26ClFN4O4S.2ClH/c1-40(36,37)12-11-32-16-23-7-10-27(39-23)20-5-8-26-24(14-20)29(34-18-33-26)35-22-6-9-28(25(30)15-22)38-17-19-3-2-4-21(31)13-19;;/h2-10,13-15,18,32H,11-12,16-17H2,1H3,(H,33,34,35);2*1H. The van der Waals surface area contributed by atoms with Gasteiger partial charge >= 0.3 is 0 Å². The first-order valence-electron chi connectivity index (χ1n) is 12.4. The molecular formula is C29H28Cl3FN4O4S. The second-order valence-corrected chi connectivity index (χ2v) is 11.9. The molecule has 0 saturated carbocycles. The van der Waals surface area contributed by atoms with E-state index in [1.165, 1.54) is 24.7 Å². The predicted molar refractivity (Wildman–Crippen MR) is 169 cm³/mol. The van der Waals surface area contributed by atoms with E-state index in [0.29, 0.717) is 52.5 Å². The van der Waals surface area contributed by atoms with Gasteiger partial charge in [-0.05, 0) is 66.2 Å². The molecule has 0 spiro atoms. The smallest absolute Gasteiger partial charge is 0.148 e. The van der Waals surface area contributed by atoms with Gasteiger partial charge in [-0.3, -0.25) is 0 Å². The lowest BCUT2D eigenvalue weighted by Crippen LogP contribution is -2.21. The van der Waals surface area contributed by atoms with Gasteiger partial charge in [0.05, 0.1) is 22.8 Å². The third-order valence-electron chi connectivity index (χ3n) is 6.01. The molecule has 42 heavy (non-hydrogen) atoms. The number of hydrogen-bond acceptors (Lipinski definition) is 8. The second kappa shape index (κ2) is 14.7. The first-order chi connectivity index (χ1) is 19.2. The number of hydrogen-bond donors (Lipinski definition) is 2. The van der Waals surface area contributed by atoms with E-state index in [0.717, 1.165) is 16.5 Å². The Balaban J connectivity index is 0.00000242. The van der Waals surface area contributed by atoms with Gasteiger partial charge in [-0.25, -0.2) is 22.8 Å². The first-order valence-corrected chi connectivity index (χ1v) is 14.8. The quantitative estimate of drug-likeness (QED) is 0.147. The summed E-state index contributed by atoms with van der Waals surface area (Å²) in [6, 6.07) is 21.0. The van der Waals surface area contributed by atoms with Crippen molar-refractivity contribution in [1.82, 2.24) is 15.3 Å². The van der Waals surface area contributed by atoms with E-state index >= 15 is 0 Å². The predicted octanol–water partition coefficient (Wildman–Crippen LogP) is 6.98. The molecule has 0 amide bonds. The number of anilines is 2. The molecule has 5 aromatic rings. The average Bonchev–Trinajstić information content (AvgIpc) is 3.39. The first kappa shape index (κ1) is 33.1. The zero-order valence-corrected chi connectivity index (χ0v) is 25.5. The van der Waals surface area contributed by atoms with Crippen LogP contribution < -0.4 is 15.4 Å². The molecule has 0 bridgehead atoms. The van der Waals surface area contributed by atoms with Crippen LogP contribution >= 0.6 is 36.4 Å². The zero-order chi connectivity index (χ0) is 28.1. The number of fused-ring (bicyclic) bond motifs is 1. The summed E-state index contributed by atoms with van der Waals surface area (Å²) >= 11 is 6.47. The number of nitrogens with one attached hydrogen (secondary N) is 2. The van der Waals surface area contributed by atoms with Crippen LogP contribution in [-0.2, 0) is 23.0 Å². The topological polar surface area (TPSA) is 106 Å². The number of nitrogens with zero attached hydrogens (tertiary/aromatic N) is 2. The lowest BCUT2D eigenvalue weighted by molar-refractivity contribution is 0.306. The fourth-order valence-corrected chi connectivity index (χ4v) is 4.78. The number of furan rings is 1. The molecule has 0 atom stereocenters. The highest BCUT2D eigenvalue weighted by molar-refractivity contribution is 7.90. The molecular weight excluding hydrogens is 626 g/mol. The Kier molecular flexibility index (Phi) is 11.6. The summed E-state index contributed by atoms with van der Waals surface area (Å²) < 4.78 is 47.8. The molecule has 0 fully saturated rings. The van der Waals surface area contributed by atoms with Crippen molar-refractivity contribution in [1.29, 1.82) is 0 Å². The molecule has 2 aromatic heterocycles. The SMILES string of the molecule is CS(=O)(=O)CCNCc1ccc(-c2ccc3ncnc(Nc4ccc(OCc5cccc(F)c5)c(Cl)c4)c3c2)o1.Cl.Cl. The highest BCUT2D eigenvalue weighted by Crippen LogP contribution is 2.32. The molecule has 3 aromatic carbocycles. The average molecular weight is 654 g/mol. The number of halogens is 4. The summed E-state index contributed by atoms with van der Waals surface area (Å²) in [6.07, 6.45) is 2.69. The monoisotopic (exact) mass is 652 g/mol. The molecule has 0 aliphatic heterocycles. The molecule has 0 aliphatic carbocycles. The van der Waals surface area contributed by atoms with Gasteiger partial charge in [-0.1, -0.05) is 23.7 Å². The van der Waals surface area contributed by atoms with Crippen molar-refractivity contribution in [3.8, 4) is 17.1 Å². The molecule has 2 heterocycles. The molecule has 0 aliphatic rings. The van der Waals surface area contributed by atoms with Crippen LogP contribution in [-0.4, -0.2) is 36.9 Å². The minimum Gasteiger partial charge on any atom is -0.487 e. The van der Waals surface area contributed by atoms with Crippen molar-refractivity contribution in [2.75, 3.05) is 23.9 Å². The van der Waals surface area contributed by atoms with Crippen molar-refractivity contribution >= 4 is 68.7 Å². The van der Waals surface area contributed by atoms with Crippen molar-refractivity contribution < 1.29 is 22.0 Å². The van der Waals surface area contributed by atoms with Gasteiger partial charge in [0.15, 0.2) is 0 Å². The summed E-state index contributed by atoms with van der Waals surface area (Å²) in [6.45, 7) is 0.956. The Morgan fingerprint density at radius 2 is 1.83 bits per heavy atom. The van der Waals surface area contributed by atoms with E-state index in [-0.39, 0.29) is 43.0 Å². The Morgan fingerprint density at radius 3 is 2.60 bits per heavy atom. The Labute approximate surface area is 260 Å². The number of benzene rings is 3. The van der Waals surface area contributed by atoms with Gasteiger partial charge in [0.25, 0.3) is 0 Å². The number of ether oxygens (including phenoxy) is 1. The van der Waals surface area contributed by atoms with Crippen LogP contribution in [0.1, 0.15) is 11.3 Å². The van der Waals surface area contributed by atoms with Gasteiger partial charge < -0.3 is 19.8 Å². The number of rotatable bonds is 11. The van der Waals surface area contributed by atoms with Gasteiger partial charge in [0.1, 0.15) is 51.7 Å². The highest BCUT2D eigenvalue weighted by atomic mass is 35.5. The maximum absolute atomic E-state index is 13.4.